The molecule has 0 aliphatic heterocycles. The summed E-state index contributed by atoms with van der Waals surface area (Å²) in [5.74, 6) is -0.381. The number of hydrogen-bond donors (Lipinski definition) is 1. The number of ether oxygens (including phenoxy) is 1. The lowest BCUT2D eigenvalue weighted by Crippen LogP contribution is -2.20. The molecule has 2 rings (SSSR count). The first-order valence-electron chi connectivity index (χ1n) is 6.39. The molecular weight excluding hydrogens is 308 g/mol. The van der Waals surface area contributed by atoms with Gasteiger partial charge in [-0.2, -0.15) is 0 Å². The zero-order chi connectivity index (χ0) is 16.1. The predicted octanol–water partition coefficient (Wildman–Crippen LogP) is 3.57. The molecule has 0 atom stereocenters. The average molecular weight is 321 g/mol. The van der Waals surface area contributed by atoms with Gasteiger partial charge >= 0.3 is 5.69 Å². The number of carbonyl (C=O) groups excluding carboxylic acids is 1. The third-order valence-corrected chi connectivity index (χ3v) is 3.13. The zero-order valence-electron chi connectivity index (χ0n) is 11.7. The molecule has 0 aliphatic rings. The van der Waals surface area contributed by atoms with E-state index in [1.807, 2.05) is 6.92 Å². The maximum atomic E-state index is 11.9. The van der Waals surface area contributed by atoms with Crippen molar-refractivity contribution >= 4 is 28.9 Å². The lowest BCUT2D eigenvalue weighted by Gasteiger charge is -2.10. The molecule has 0 unspecified atom stereocenters. The fourth-order valence-corrected chi connectivity index (χ4v) is 1.96. The van der Waals surface area contributed by atoms with Crippen LogP contribution in [-0.2, 0) is 4.79 Å². The van der Waals surface area contributed by atoms with E-state index < -0.39 is 10.8 Å². The summed E-state index contributed by atoms with van der Waals surface area (Å²) >= 11 is 5.87. The van der Waals surface area contributed by atoms with E-state index in [1.165, 1.54) is 18.2 Å². The first-order chi connectivity index (χ1) is 10.5. The van der Waals surface area contributed by atoms with Gasteiger partial charge in [0.2, 0.25) is 0 Å². The van der Waals surface area contributed by atoms with Crippen LogP contribution >= 0.6 is 11.6 Å². The Morgan fingerprint density at radius 2 is 2.05 bits per heavy atom. The molecule has 22 heavy (non-hydrogen) atoms. The third-order valence-electron chi connectivity index (χ3n) is 2.89. The van der Waals surface area contributed by atoms with Gasteiger partial charge in [0.1, 0.15) is 0 Å². The number of hydrogen-bond acceptors (Lipinski definition) is 4. The lowest BCUT2D eigenvalue weighted by molar-refractivity contribution is -0.385. The summed E-state index contributed by atoms with van der Waals surface area (Å²) < 4.78 is 5.22. The Hall–Kier alpha value is -2.60. The molecular formula is C15H13ClN2O4. The molecule has 6 nitrogen and oxygen atoms in total. The number of halogens is 1. The number of rotatable bonds is 5. The second-order valence-electron chi connectivity index (χ2n) is 4.52. The van der Waals surface area contributed by atoms with Crippen LogP contribution < -0.4 is 10.1 Å². The van der Waals surface area contributed by atoms with E-state index in [2.05, 4.69) is 5.32 Å². The highest BCUT2D eigenvalue weighted by Crippen LogP contribution is 2.26. The Morgan fingerprint density at radius 3 is 2.77 bits per heavy atom. The Kier molecular flexibility index (Phi) is 4.95. The first kappa shape index (κ1) is 15.8. The second kappa shape index (κ2) is 6.91. The minimum absolute atomic E-state index is 0.0467. The standard InChI is InChI=1S/C15H13ClN2O4/c1-10-6-7-11(16)8-12(10)17-15(19)9-22-14-5-3-2-4-13(14)18(20)21/h2-8H,9H2,1H3,(H,17,19). The lowest BCUT2D eigenvalue weighted by atomic mass is 10.2. The Bertz CT molecular complexity index is 718. The topological polar surface area (TPSA) is 81.5 Å². The first-order valence-corrected chi connectivity index (χ1v) is 6.77. The van der Waals surface area contributed by atoms with E-state index in [-0.39, 0.29) is 18.0 Å². The molecule has 0 bridgehead atoms. The normalized spacial score (nSPS) is 10.1. The number of carbonyl (C=O) groups is 1. The van der Waals surface area contributed by atoms with Crippen molar-refractivity contribution in [3.63, 3.8) is 0 Å². The SMILES string of the molecule is Cc1ccc(Cl)cc1NC(=O)COc1ccccc1[N+](=O)[O-]. The van der Waals surface area contributed by atoms with Crippen molar-refractivity contribution in [2.45, 2.75) is 6.92 Å². The van der Waals surface area contributed by atoms with Gasteiger partial charge in [0.05, 0.1) is 4.92 Å². The second-order valence-corrected chi connectivity index (χ2v) is 4.96. The molecule has 0 heterocycles. The number of anilines is 1. The van der Waals surface area contributed by atoms with Crippen LogP contribution in [0.1, 0.15) is 5.56 Å². The highest BCUT2D eigenvalue weighted by molar-refractivity contribution is 6.31. The molecule has 2 aromatic rings. The highest BCUT2D eigenvalue weighted by atomic mass is 35.5. The summed E-state index contributed by atoms with van der Waals surface area (Å²) in [7, 11) is 0. The van der Waals surface area contributed by atoms with Crippen molar-refractivity contribution in [1.29, 1.82) is 0 Å². The highest BCUT2D eigenvalue weighted by Gasteiger charge is 2.15. The predicted molar refractivity (Wildman–Crippen MR) is 83.4 cm³/mol. The van der Waals surface area contributed by atoms with Crippen LogP contribution in [0.4, 0.5) is 11.4 Å². The van der Waals surface area contributed by atoms with Gasteiger partial charge in [-0.3, -0.25) is 14.9 Å². The maximum Gasteiger partial charge on any atom is 0.310 e. The van der Waals surface area contributed by atoms with Crippen LogP contribution in [0.3, 0.4) is 0 Å². The van der Waals surface area contributed by atoms with Gasteiger partial charge in [-0.15, -0.1) is 0 Å². The van der Waals surface area contributed by atoms with Crippen molar-refractivity contribution < 1.29 is 14.5 Å². The fraction of sp³-hybridized carbons (Fsp3) is 0.133. The monoisotopic (exact) mass is 320 g/mol. The molecule has 0 aliphatic carbocycles. The molecule has 0 radical (unpaired) electrons. The van der Waals surface area contributed by atoms with Gasteiger partial charge in [0.15, 0.2) is 12.4 Å². The summed E-state index contributed by atoms with van der Waals surface area (Å²) in [5.41, 5.74) is 1.24. The van der Waals surface area contributed by atoms with Gasteiger partial charge in [0.25, 0.3) is 5.91 Å². The number of benzene rings is 2. The Labute approximate surface area is 131 Å². The maximum absolute atomic E-state index is 11.9. The molecule has 2 aromatic carbocycles. The third kappa shape index (κ3) is 3.95. The molecule has 0 spiro atoms. The number of nitrogens with zero attached hydrogens (tertiary/aromatic N) is 1. The fourth-order valence-electron chi connectivity index (χ4n) is 1.79. The number of para-hydroxylation sites is 2. The van der Waals surface area contributed by atoms with E-state index >= 15 is 0 Å². The molecule has 0 saturated carbocycles. The minimum atomic E-state index is -0.561. The minimum Gasteiger partial charge on any atom is -0.477 e. The summed E-state index contributed by atoms with van der Waals surface area (Å²) in [4.78, 5) is 22.2. The molecule has 0 aromatic heterocycles. The van der Waals surface area contributed by atoms with Crippen molar-refractivity contribution in [3.05, 3.63) is 63.2 Å². The molecule has 114 valence electrons. The number of amides is 1. The van der Waals surface area contributed by atoms with Crippen molar-refractivity contribution in [3.8, 4) is 5.75 Å². The van der Waals surface area contributed by atoms with Gasteiger partial charge in [-0.05, 0) is 30.7 Å². The van der Waals surface area contributed by atoms with Crippen LogP contribution in [0.15, 0.2) is 42.5 Å². The number of nitro benzene ring substituents is 1. The Balaban J connectivity index is 2.02. The number of nitrogens with one attached hydrogen (secondary N) is 1. The summed E-state index contributed by atoms with van der Waals surface area (Å²) in [6.07, 6.45) is 0. The van der Waals surface area contributed by atoms with Gasteiger partial charge in [0, 0.05) is 16.8 Å². The van der Waals surface area contributed by atoms with Crippen LogP contribution in [0.5, 0.6) is 5.75 Å². The van der Waals surface area contributed by atoms with Crippen LogP contribution in [-0.4, -0.2) is 17.4 Å². The zero-order valence-corrected chi connectivity index (χ0v) is 12.5. The summed E-state index contributed by atoms with van der Waals surface area (Å²) in [6, 6.07) is 11.0. The van der Waals surface area contributed by atoms with E-state index in [9.17, 15) is 14.9 Å². The summed E-state index contributed by atoms with van der Waals surface area (Å²) in [6.45, 7) is 1.49. The largest absolute Gasteiger partial charge is 0.477 e. The van der Waals surface area contributed by atoms with Crippen LogP contribution in [0.2, 0.25) is 5.02 Å². The van der Waals surface area contributed by atoms with Crippen molar-refractivity contribution in [2.75, 3.05) is 11.9 Å². The van der Waals surface area contributed by atoms with Crippen LogP contribution in [0, 0.1) is 17.0 Å². The van der Waals surface area contributed by atoms with Crippen molar-refractivity contribution in [1.82, 2.24) is 0 Å². The van der Waals surface area contributed by atoms with Gasteiger partial charge < -0.3 is 10.1 Å². The Morgan fingerprint density at radius 1 is 1.32 bits per heavy atom. The molecule has 0 saturated heterocycles. The molecule has 1 amide bonds. The molecule has 0 fully saturated rings. The van der Waals surface area contributed by atoms with Gasteiger partial charge in [-0.1, -0.05) is 29.8 Å². The quantitative estimate of drug-likeness (QED) is 0.674. The number of nitro groups is 1. The molecule has 1 N–H and O–H groups in total. The number of aryl methyl sites for hydroxylation is 1. The van der Waals surface area contributed by atoms with Gasteiger partial charge in [-0.25, -0.2) is 0 Å². The average Bonchev–Trinajstić information content (AvgIpc) is 2.49. The van der Waals surface area contributed by atoms with Crippen molar-refractivity contribution in [2.24, 2.45) is 0 Å². The smallest absolute Gasteiger partial charge is 0.310 e. The van der Waals surface area contributed by atoms with E-state index in [1.54, 1.807) is 24.3 Å². The van der Waals surface area contributed by atoms with E-state index in [0.717, 1.165) is 5.56 Å². The molecule has 7 heteroatoms. The van der Waals surface area contributed by atoms with E-state index in [0.29, 0.717) is 10.7 Å². The van der Waals surface area contributed by atoms with Crippen LogP contribution in [0.25, 0.3) is 0 Å². The van der Waals surface area contributed by atoms with E-state index in [4.69, 9.17) is 16.3 Å². The summed E-state index contributed by atoms with van der Waals surface area (Å²) in [5, 5.41) is 14.0.